The molecule has 1 atom stereocenters. The van der Waals surface area contributed by atoms with E-state index in [1.54, 1.807) is 23.2 Å². The van der Waals surface area contributed by atoms with E-state index in [1.165, 1.54) is 0 Å². The van der Waals surface area contributed by atoms with Gasteiger partial charge in [0.15, 0.2) is 5.69 Å². The quantitative estimate of drug-likeness (QED) is 0.382. The minimum absolute atomic E-state index is 0.00765. The SMILES string of the molecule is Cc1cccc(NC(=O)c2nn(Cc3cccc(N)c3)c3c2CN(C(=O)c2ccc[nH]2)CC3C)c1. The normalized spacial score (nSPS) is 15.0. The van der Waals surface area contributed by atoms with Gasteiger partial charge < -0.3 is 20.9 Å². The molecule has 8 nitrogen and oxygen atoms in total. The Hall–Kier alpha value is -4.33. The number of aromatic nitrogens is 3. The maximum atomic E-state index is 13.4. The largest absolute Gasteiger partial charge is 0.399 e. The number of aryl methyl sites for hydroxylation is 1. The standard InChI is InChI=1S/C27H28N6O2/c1-17-6-3-9-21(12-17)30-26(34)24-22-16-32(27(35)23-10-5-11-29-23)14-18(2)25(22)33(31-24)15-19-7-4-8-20(28)13-19/h3-13,18,29H,14-16,28H2,1-2H3,(H,30,34). The molecule has 4 N–H and O–H groups in total. The summed E-state index contributed by atoms with van der Waals surface area (Å²) in [4.78, 5) is 31.3. The number of amides is 2. The molecule has 35 heavy (non-hydrogen) atoms. The minimum Gasteiger partial charge on any atom is -0.399 e. The molecule has 0 radical (unpaired) electrons. The van der Waals surface area contributed by atoms with Crippen molar-refractivity contribution in [3.05, 3.63) is 101 Å². The maximum absolute atomic E-state index is 13.4. The van der Waals surface area contributed by atoms with E-state index in [0.29, 0.717) is 42.4 Å². The fourth-order valence-electron chi connectivity index (χ4n) is 4.76. The lowest BCUT2D eigenvalue weighted by Crippen LogP contribution is -2.38. The first-order chi connectivity index (χ1) is 16.9. The van der Waals surface area contributed by atoms with Gasteiger partial charge >= 0.3 is 0 Å². The summed E-state index contributed by atoms with van der Waals surface area (Å²) in [6, 6.07) is 18.9. The van der Waals surface area contributed by atoms with E-state index in [4.69, 9.17) is 10.8 Å². The first-order valence-electron chi connectivity index (χ1n) is 11.6. The van der Waals surface area contributed by atoms with Gasteiger partial charge in [-0.3, -0.25) is 14.3 Å². The van der Waals surface area contributed by atoms with Gasteiger partial charge in [-0.25, -0.2) is 0 Å². The molecule has 2 aromatic heterocycles. The van der Waals surface area contributed by atoms with Gasteiger partial charge in [0.1, 0.15) is 5.69 Å². The second-order valence-corrected chi connectivity index (χ2v) is 9.11. The summed E-state index contributed by atoms with van der Waals surface area (Å²) in [6.45, 7) is 5.37. The van der Waals surface area contributed by atoms with E-state index in [-0.39, 0.29) is 17.7 Å². The van der Waals surface area contributed by atoms with Gasteiger partial charge in [-0.1, -0.05) is 31.2 Å². The first kappa shape index (κ1) is 22.5. The van der Waals surface area contributed by atoms with Gasteiger partial charge in [0.2, 0.25) is 0 Å². The van der Waals surface area contributed by atoms with Crippen molar-refractivity contribution in [2.24, 2.45) is 0 Å². The number of benzene rings is 2. The highest BCUT2D eigenvalue weighted by Gasteiger charge is 2.34. The molecule has 178 valence electrons. The zero-order valence-corrected chi connectivity index (χ0v) is 19.8. The van der Waals surface area contributed by atoms with Crippen LogP contribution in [-0.2, 0) is 13.1 Å². The second-order valence-electron chi connectivity index (χ2n) is 9.11. The van der Waals surface area contributed by atoms with Gasteiger partial charge in [0, 0.05) is 41.3 Å². The molecule has 1 aliphatic rings. The molecule has 0 bridgehead atoms. The Morgan fingerprint density at radius 2 is 1.97 bits per heavy atom. The Labute approximate surface area is 203 Å². The predicted molar refractivity (Wildman–Crippen MR) is 135 cm³/mol. The van der Waals surface area contributed by atoms with Crippen LogP contribution >= 0.6 is 0 Å². The van der Waals surface area contributed by atoms with Crippen molar-refractivity contribution in [1.82, 2.24) is 19.7 Å². The van der Waals surface area contributed by atoms with Crippen molar-refractivity contribution in [1.29, 1.82) is 0 Å². The van der Waals surface area contributed by atoms with Crippen molar-refractivity contribution in [3.8, 4) is 0 Å². The molecule has 1 unspecified atom stereocenters. The van der Waals surface area contributed by atoms with E-state index >= 15 is 0 Å². The maximum Gasteiger partial charge on any atom is 0.276 e. The number of nitrogen functional groups attached to an aromatic ring is 1. The Bertz CT molecular complexity index is 1390. The summed E-state index contributed by atoms with van der Waals surface area (Å²) < 4.78 is 1.89. The van der Waals surface area contributed by atoms with Crippen LogP contribution in [0.2, 0.25) is 0 Å². The van der Waals surface area contributed by atoms with Crippen LogP contribution in [0.4, 0.5) is 11.4 Å². The highest BCUT2D eigenvalue weighted by atomic mass is 16.2. The summed E-state index contributed by atoms with van der Waals surface area (Å²) in [5, 5.41) is 7.74. The topological polar surface area (TPSA) is 109 Å². The van der Waals surface area contributed by atoms with Gasteiger partial charge in [-0.2, -0.15) is 5.10 Å². The van der Waals surface area contributed by atoms with Crippen LogP contribution in [0.15, 0.2) is 66.9 Å². The van der Waals surface area contributed by atoms with Gasteiger partial charge in [-0.05, 0) is 54.4 Å². The molecule has 2 aromatic carbocycles. The molecule has 5 rings (SSSR count). The zero-order chi connectivity index (χ0) is 24.5. The molecule has 8 heteroatoms. The van der Waals surface area contributed by atoms with Crippen LogP contribution in [-0.4, -0.2) is 38.0 Å². The Kier molecular flexibility index (Phi) is 5.86. The van der Waals surface area contributed by atoms with E-state index in [9.17, 15) is 9.59 Å². The first-order valence-corrected chi connectivity index (χ1v) is 11.6. The van der Waals surface area contributed by atoms with Crippen LogP contribution in [0.5, 0.6) is 0 Å². The van der Waals surface area contributed by atoms with Gasteiger partial charge in [0.25, 0.3) is 11.8 Å². The summed E-state index contributed by atoms with van der Waals surface area (Å²) in [5.74, 6) is -0.396. The molecule has 0 aliphatic carbocycles. The number of H-pyrrole nitrogens is 1. The molecule has 3 heterocycles. The van der Waals surface area contributed by atoms with Crippen LogP contribution < -0.4 is 11.1 Å². The third-order valence-corrected chi connectivity index (χ3v) is 6.29. The summed E-state index contributed by atoms with van der Waals surface area (Å²) in [6.07, 6.45) is 1.73. The molecule has 2 amide bonds. The molecule has 0 spiro atoms. The summed E-state index contributed by atoms with van der Waals surface area (Å²) >= 11 is 0. The van der Waals surface area contributed by atoms with Gasteiger partial charge in [-0.15, -0.1) is 0 Å². The highest BCUT2D eigenvalue weighted by molar-refractivity contribution is 6.04. The number of carbonyl (C=O) groups is 2. The number of nitrogens with zero attached hydrogens (tertiary/aromatic N) is 3. The van der Waals surface area contributed by atoms with E-state index in [0.717, 1.165) is 22.4 Å². The smallest absolute Gasteiger partial charge is 0.276 e. The lowest BCUT2D eigenvalue weighted by molar-refractivity contribution is 0.0711. The number of nitrogens with two attached hydrogens (primary N) is 1. The summed E-state index contributed by atoms with van der Waals surface area (Å²) in [5.41, 5.74) is 12.0. The number of anilines is 2. The number of rotatable bonds is 5. The fraction of sp³-hybridized carbons (Fsp3) is 0.222. The third-order valence-electron chi connectivity index (χ3n) is 6.29. The van der Waals surface area contributed by atoms with Crippen LogP contribution in [0.3, 0.4) is 0 Å². The van der Waals surface area contributed by atoms with Crippen molar-refractivity contribution >= 4 is 23.2 Å². The lowest BCUT2D eigenvalue weighted by Gasteiger charge is -2.32. The third kappa shape index (κ3) is 4.55. The molecule has 0 fully saturated rings. The number of aromatic amines is 1. The Balaban J connectivity index is 1.53. The monoisotopic (exact) mass is 468 g/mol. The van der Waals surface area contributed by atoms with Crippen molar-refractivity contribution in [3.63, 3.8) is 0 Å². The number of hydrogen-bond donors (Lipinski definition) is 3. The number of fused-ring (bicyclic) bond motifs is 1. The van der Waals surface area contributed by atoms with Crippen LogP contribution in [0, 0.1) is 6.92 Å². The van der Waals surface area contributed by atoms with Crippen molar-refractivity contribution < 1.29 is 9.59 Å². The number of nitrogens with one attached hydrogen (secondary N) is 2. The fourth-order valence-corrected chi connectivity index (χ4v) is 4.76. The second kappa shape index (κ2) is 9.13. The average molecular weight is 469 g/mol. The molecule has 4 aromatic rings. The van der Waals surface area contributed by atoms with Crippen LogP contribution in [0.1, 0.15) is 56.2 Å². The Morgan fingerprint density at radius 1 is 1.14 bits per heavy atom. The van der Waals surface area contributed by atoms with Crippen molar-refractivity contribution in [2.45, 2.75) is 32.9 Å². The average Bonchev–Trinajstić information content (AvgIpc) is 3.47. The summed E-state index contributed by atoms with van der Waals surface area (Å²) in [7, 11) is 0. The molecular weight excluding hydrogens is 440 g/mol. The van der Waals surface area contributed by atoms with E-state index < -0.39 is 0 Å². The van der Waals surface area contributed by atoms with Crippen LogP contribution in [0.25, 0.3) is 0 Å². The van der Waals surface area contributed by atoms with Crippen molar-refractivity contribution in [2.75, 3.05) is 17.6 Å². The zero-order valence-electron chi connectivity index (χ0n) is 19.8. The van der Waals surface area contributed by atoms with E-state index in [1.807, 2.05) is 60.1 Å². The lowest BCUT2D eigenvalue weighted by atomic mass is 9.95. The van der Waals surface area contributed by atoms with E-state index in [2.05, 4.69) is 17.2 Å². The molecule has 0 saturated carbocycles. The Morgan fingerprint density at radius 3 is 2.71 bits per heavy atom. The molecule has 1 aliphatic heterocycles. The minimum atomic E-state index is -0.292. The number of carbonyl (C=O) groups excluding carboxylic acids is 2. The van der Waals surface area contributed by atoms with Gasteiger partial charge in [0.05, 0.1) is 13.1 Å². The number of hydrogen-bond acceptors (Lipinski definition) is 4. The predicted octanol–water partition coefficient (Wildman–Crippen LogP) is 4.16. The molecule has 0 saturated heterocycles. The highest BCUT2D eigenvalue weighted by Crippen LogP contribution is 2.32. The molecular formula is C27H28N6O2.